The topological polar surface area (TPSA) is 41.9 Å². The van der Waals surface area contributed by atoms with E-state index in [0.29, 0.717) is 18.7 Å². The Bertz CT molecular complexity index is 1080. The van der Waals surface area contributed by atoms with E-state index in [2.05, 4.69) is 34.6 Å². The minimum atomic E-state index is -0.305. The van der Waals surface area contributed by atoms with Gasteiger partial charge < -0.3 is 9.64 Å². The van der Waals surface area contributed by atoms with Crippen molar-refractivity contribution in [2.45, 2.75) is 13.5 Å². The number of rotatable bonds is 7. The van der Waals surface area contributed by atoms with Gasteiger partial charge >= 0.3 is 5.97 Å². The summed E-state index contributed by atoms with van der Waals surface area (Å²) in [6.07, 6.45) is 0. The first-order valence-corrected chi connectivity index (χ1v) is 11.3. The summed E-state index contributed by atoms with van der Waals surface area (Å²) in [4.78, 5) is 19.2. The summed E-state index contributed by atoms with van der Waals surface area (Å²) in [5.41, 5.74) is 4.90. The number of carbonyl (C=O) groups is 1. The smallest absolute Gasteiger partial charge is 0.338 e. The first kappa shape index (κ1) is 20.9. The average molecular weight is 429 g/mol. The van der Waals surface area contributed by atoms with Crippen molar-refractivity contribution in [3.8, 4) is 0 Å². The molecule has 0 aromatic heterocycles. The van der Waals surface area contributed by atoms with Crippen molar-refractivity contribution in [1.29, 1.82) is 0 Å². The number of aliphatic imine (C=N–C) groups is 1. The highest BCUT2D eigenvalue weighted by molar-refractivity contribution is 8.02. The molecule has 3 aromatic rings. The SMILES string of the molecule is CCOC(=O)c1ccc(N(Cc2ccccc2)C2=CSCC(c3ccccc3)=N2)cc1. The van der Waals surface area contributed by atoms with Crippen LogP contribution in [0.15, 0.2) is 101 Å². The third-order valence-electron chi connectivity index (χ3n) is 4.92. The summed E-state index contributed by atoms with van der Waals surface area (Å²) in [7, 11) is 0. The molecular weight excluding hydrogens is 404 g/mol. The van der Waals surface area contributed by atoms with Crippen molar-refractivity contribution in [1.82, 2.24) is 0 Å². The quantitative estimate of drug-likeness (QED) is 0.439. The Balaban J connectivity index is 1.67. The zero-order chi connectivity index (χ0) is 21.5. The number of esters is 1. The number of benzene rings is 3. The van der Waals surface area contributed by atoms with Crippen LogP contribution in [-0.2, 0) is 11.3 Å². The molecule has 3 aromatic carbocycles. The molecule has 0 saturated heterocycles. The Morgan fingerprint density at radius 2 is 1.65 bits per heavy atom. The van der Waals surface area contributed by atoms with Crippen LogP contribution in [0, 0.1) is 0 Å². The van der Waals surface area contributed by atoms with Gasteiger partial charge in [0.2, 0.25) is 0 Å². The van der Waals surface area contributed by atoms with Gasteiger partial charge in [0, 0.05) is 23.4 Å². The van der Waals surface area contributed by atoms with E-state index in [1.165, 1.54) is 5.56 Å². The molecule has 0 fully saturated rings. The lowest BCUT2D eigenvalue weighted by atomic mass is 10.1. The molecule has 31 heavy (non-hydrogen) atoms. The number of anilines is 1. The standard InChI is InChI=1S/C26H24N2O2S/c1-2-30-26(29)22-13-15-23(16-14-22)28(17-20-9-5-3-6-10-20)25-19-31-18-24(27-25)21-11-7-4-8-12-21/h3-16,19H,2,17-18H2,1H3. The lowest BCUT2D eigenvalue weighted by molar-refractivity contribution is 0.0526. The van der Waals surface area contributed by atoms with Gasteiger partial charge in [0.15, 0.2) is 0 Å². The van der Waals surface area contributed by atoms with Crippen LogP contribution in [0.1, 0.15) is 28.4 Å². The highest BCUT2D eigenvalue weighted by atomic mass is 32.2. The Labute approximate surface area is 187 Å². The molecule has 1 heterocycles. The minimum Gasteiger partial charge on any atom is -0.462 e. The molecule has 156 valence electrons. The van der Waals surface area contributed by atoms with Gasteiger partial charge in [0.25, 0.3) is 0 Å². The number of hydrogen-bond acceptors (Lipinski definition) is 5. The monoisotopic (exact) mass is 428 g/mol. The molecule has 4 nitrogen and oxygen atoms in total. The fourth-order valence-corrected chi connectivity index (χ4v) is 4.16. The van der Waals surface area contributed by atoms with E-state index in [1.54, 1.807) is 11.8 Å². The molecule has 1 aliphatic rings. The summed E-state index contributed by atoms with van der Waals surface area (Å²) in [5, 5.41) is 2.11. The van der Waals surface area contributed by atoms with Gasteiger partial charge in [0.1, 0.15) is 5.82 Å². The van der Waals surface area contributed by atoms with E-state index < -0.39 is 0 Å². The van der Waals surface area contributed by atoms with E-state index in [4.69, 9.17) is 9.73 Å². The molecule has 0 saturated carbocycles. The van der Waals surface area contributed by atoms with E-state index in [1.807, 2.05) is 67.6 Å². The molecule has 0 unspecified atom stereocenters. The lowest BCUT2D eigenvalue weighted by Gasteiger charge is -2.27. The molecule has 5 heteroatoms. The Kier molecular flexibility index (Phi) is 6.85. The fraction of sp³-hybridized carbons (Fsp3) is 0.154. The first-order chi connectivity index (χ1) is 15.2. The van der Waals surface area contributed by atoms with Crippen LogP contribution in [0.25, 0.3) is 0 Å². The molecule has 0 bridgehead atoms. The normalized spacial score (nSPS) is 13.2. The van der Waals surface area contributed by atoms with Crippen molar-refractivity contribution in [3.63, 3.8) is 0 Å². The van der Waals surface area contributed by atoms with Gasteiger partial charge in [-0.1, -0.05) is 60.7 Å². The third-order valence-corrected chi connectivity index (χ3v) is 5.73. The van der Waals surface area contributed by atoms with E-state index >= 15 is 0 Å². The molecule has 4 rings (SSSR count). The van der Waals surface area contributed by atoms with Gasteiger partial charge in [0.05, 0.1) is 17.9 Å². The summed E-state index contributed by atoms with van der Waals surface area (Å²) < 4.78 is 5.11. The summed E-state index contributed by atoms with van der Waals surface area (Å²) in [6.45, 7) is 2.85. The van der Waals surface area contributed by atoms with Crippen LogP contribution < -0.4 is 4.90 Å². The average Bonchev–Trinajstić information content (AvgIpc) is 2.84. The summed E-state index contributed by atoms with van der Waals surface area (Å²) in [6, 6.07) is 28.1. The highest BCUT2D eigenvalue weighted by Gasteiger charge is 2.18. The van der Waals surface area contributed by atoms with Gasteiger partial charge in [-0.2, -0.15) is 0 Å². The summed E-state index contributed by atoms with van der Waals surface area (Å²) in [5.74, 6) is 1.43. The van der Waals surface area contributed by atoms with Crippen molar-refractivity contribution in [3.05, 3.63) is 113 Å². The number of carbonyl (C=O) groups excluding carboxylic acids is 1. The van der Waals surface area contributed by atoms with E-state index in [-0.39, 0.29) is 5.97 Å². The van der Waals surface area contributed by atoms with Crippen LogP contribution in [0.4, 0.5) is 5.69 Å². The molecule has 0 atom stereocenters. The Morgan fingerprint density at radius 1 is 0.968 bits per heavy atom. The second kappa shape index (κ2) is 10.1. The summed E-state index contributed by atoms with van der Waals surface area (Å²) >= 11 is 1.75. The molecule has 0 N–H and O–H groups in total. The first-order valence-electron chi connectivity index (χ1n) is 10.3. The van der Waals surface area contributed by atoms with Crippen molar-refractivity contribution in [2.24, 2.45) is 4.99 Å². The van der Waals surface area contributed by atoms with Crippen LogP contribution in [-0.4, -0.2) is 24.0 Å². The maximum atomic E-state index is 12.0. The second-order valence-electron chi connectivity index (χ2n) is 7.05. The van der Waals surface area contributed by atoms with Crippen molar-refractivity contribution in [2.75, 3.05) is 17.3 Å². The fourth-order valence-electron chi connectivity index (χ4n) is 3.36. The molecule has 0 spiro atoms. The van der Waals surface area contributed by atoms with Crippen LogP contribution >= 0.6 is 11.8 Å². The minimum absolute atomic E-state index is 0.305. The highest BCUT2D eigenvalue weighted by Crippen LogP contribution is 2.29. The largest absolute Gasteiger partial charge is 0.462 e. The van der Waals surface area contributed by atoms with E-state index in [0.717, 1.165) is 28.5 Å². The van der Waals surface area contributed by atoms with Gasteiger partial charge in [-0.25, -0.2) is 9.79 Å². The number of nitrogens with zero attached hydrogens (tertiary/aromatic N) is 2. The van der Waals surface area contributed by atoms with Crippen molar-refractivity contribution < 1.29 is 9.53 Å². The van der Waals surface area contributed by atoms with Gasteiger partial charge in [-0.3, -0.25) is 0 Å². The zero-order valence-corrected chi connectivity index (χ0v) is 18.2. The van der Waals surface area contributed by atoms with Crippen LogP contribution in [0.3, 0.4) is 0 Å². The van der Waals surface area contributed by atoms with Crippen molar-refractivity contribution >= 4 is 29.1 Å². The number of thioether (sulfide) groups is 1. The second-order valence-corrected chi connectivity index (χ2v) is 7.91. The number of ether oxygens (including phenoxy) is 1. The van der Waals surface area contributed by atoms with Crippen LogP contribution in [0.2, 0.25) is 0 Å². The van der Waals surface area contributed by atoms with Crippen LogP contribution in [0.5, 0.6) is 0 Å². The third kappa shape index (κ3) is 5.25. The maximum absolute atomic E-state index is 12.0. The maximum Gasteiger partial charge on any atom is 0.338 e. The van der Waals surface area contributed by atoms with Gasteiger partial charge in [-0.05, 0) is 42.3 Å². The number of hydrogen-bond donors (Lipinski definition) is 0. The molecule has 0 radical (unpaired) electrons. The Hall–Kier alpha value is -3.31. The molecule has 0 amide bonds. The Morgan fingerprint density at radius 3 is 2.32 bits per heavy atom. The lowest BCUT2D eigenvalue weighted by Crippen LogP contribution is -2.24. The molecular formula is C26H24N2O2S. The predicted molar refractivity (Wildman–Crippen MR) is 129 cm³/mol. The predicted octanol–water partition coefficient (Wildman–Crippen LogP) is 5.90. The zero-order valence-electron chi connectivity index (χ0n) is 17.4. The molecule has 1 aliphatic heterocycles. The van der Waals surface area contributed by atoms with E-state index in [9.17, 15) is 4.79 Å². The molecule has 0 aliphatic carbocycles. The van der Waals surface area contributed by atoms with Gasteiger partial charge in [-0.15, -0.1) is 11.8 Å².